The number of allylic oxidation sites excluding steroid dienone is 1. The molecule has 1 aliphatic heterocycles. The first kappa shape index (κ1) is 20.9. The van der Waals surface area contributed by atoms with Crippen LogP contribution < -0.4 is 0 Å². The van der Waals surface area contributed by atoms with Crippen LogP contribution >= 0.6 is 11.8 Å². The lowest BCUT2D eigenvalue weighted by molar-refractivity contribution is -0.0950. The van der Waals surface area contributed by atoms with Gasteiger partial charge in [-0.05, 0) is 60.0 Å². The van der Waals surface area contributed by atoms with Gasteiger partial charge in [0.05, 0.1) is 5.60 Å². The Morgan fingerprint density at radius 2 is 1.97 bits per heavy atom. The van der Waals surface area contributed by atoms with Crippen molar-refractivity contribution in [2.45, 2.75) is 41.6 Å². The predicted molar refractivity (Wildman–Crippen MR) is 113 cm³/mol. The maximum atomic E-state index is 14.5. The van der Waals surface area contributed by atoms with E-state index in [1.807, 2.05) is 24.3 Å². The molecule has 2 aliphatic rings. The van der Waals surface area contributed by atoms with Gasteiger partial charge in [0.15, 0.2) is 0 Å². The van der Waals surface area contributed by atoms with Gasteiger partial charge in [0.25, 0.3) is 0 Å². The largest absolute Gasteiger partial charge is 0.440 e. The molecular weight excluding hydrogens is 405 g/mol. The summed E-state index contributed by atoms with van der Waals surface area (Å²) in [4.78, 5) is 1.85. The topological polar surface area (TPSA) is 60.3 Å². The number of halogens is 1. The van der Waals surface area contributed by atoms with E-state index in [0.717, 1.165) is 32.9 Å². The Morgan fingerprint density at radius 1 is 1.17 bits per heavy atom. The van der Waals surface area contributed by atoms with Crippen molar-refractivity contribution < 1.29 is 23.8 Å². The Balaban J connectivity index is 1.56. The molecule has 0 atom stereocenters. The Labute approximate surface area is 179 Å². The van der Waals surface area contributed by atoms with Crippen LogP contribution in [0.15, 0.2) is 57.4 Å². The molecule has 1 N–H and O–H groups in total. The molecule has 1 fully saturated rings. The van der Waals surface area contributed by atoms with Crippen LogP contribution in [0, 0.1) is 5.82 Å². The van der Waals surface area contributed by atoms with Gasteiger partial charge in [-0.15, -0.1) is 0 Å². The summed E-state index contributed by atoms with van der Waals surface area (Å²) in [5.41, 5.74) is 2.45. The minimum atomic E-state index is -0.504. The van der Waals surface area contributed by atoms with E-state index in [-0.39, 0.29) is 11.7 Å². The summed E-state index contributed by atoms with van der Waals surface area (Å²) in [7, 11) is 1.68. The number of fused-ring (bicyclic) bond motifs is 1. The van der Waals surface area contributed by atoms with Crippen LogP contribution in [0.5, 0.6) is 0 Å². The van der Waals surface area contributed by atoms with Crippen molar-refractivity contribution in [3.63, 3.8) is 0 Å². The lowest BCUT2D eigenvalue weighted by Gasteiger charge is -2.36. The summed E-state index contributed by atoms with van der Waals surface area (Å²) in [6.45, 7) is 2.81. The fourth-order valence-electron chi connectivity index (χ4n) is 3.96. The number of ether oxygens (including phenoxy) is 3. The summed E-state index contributed by atoms with van der Waals surface area (Å²) < 4.78 is 31.3. The van der Waals surface area contributed by atoms with Gasteiger partial charge in [-0.2, -0.15) is 0 Å². The van der Waals surface area contributed by atoms with E-state index in [2.05, 4.69) is 11.2 Å². The van der Waals surface area contributed by atoms with Gasteiger partial charge in [-0.3, -0.25) is 0 Å². The smallest absolute Gasteiger partial charge is 0.228 e. The number of methoxy groups -OCH3 is 1. The standard InChI is InChI=1S/C23H24FNO4S/c1-15(25-26)29-22-6-3-16-11-19(4-5-21(16)22)30-20-13-17(12-18(24)14-20)23(27-2)7-9-28-10-8-23/h4-6,11-14,26H,3,7-10H2,1-2H3/b25-15+. The molecule has 1 aliphatic carbocycles. The molecule has 1 heterocycles. The molecule has 7 heteroatoms. The molecule has 0 radical (unpaired) electrons. The van der Waals surface area contributed by atoms with Crippen LogP contribution in [0.4, 0.5) is 4.39 Å². The maximum absolute atomic E-state index is 14.5. The fraction of sp³-hybridized carbons (Fsp3) is 0.348. The summed E-state index contributed by atoms with van der Waals surface area (Å²) >= 11 is 1.52. The van der Waals surface area contributed by atoms with Crippen LogP contribution in [0.3, 0.4) is 0 Å². The number of nitrogens with zero attached hydrogens (tertiary/aromatic N) is 1. The van der Waals surface area contributed by atoms with E-state index in [9.17, 15) is 4.39 Å². The van der Waals surface area contributed by atoms with Crippen molar-refractivity contribution in [3.05, 3.63) is 65.0 Å². The van der Waals surface area contributed by atoms with Gasteiger partial charge < -0.3 is 19.4 Å². The number of hydrogen-bond acceptors (Lipinski definition) is 6. The normalized spacial score (nSPS) is 18.1. The van der Waals surface area contributed by atoms with Crippen LogP contribution in [0.25, 0.3) is 5.76 Å². The molecule has 0 aromatic heterocycles. The lowest BCUT2D eigenvalue weighted by atomic mass is 9.86. The zero-order chi connectivity index (χ0) is 21.1. The summed E-state index contributed by atoms with van der Waals surface area (Å²) in [5.74, 6) is 0.613. The summed E-state index contributed by atoms with van der Waals surface area (Å²) in [5, 5.41) is 11.9. The molecule has 0 amide bonds. The summed E-state index contributed by atoms with van der Waals surface area (Å²) in [6.07, 6.45) is 4.11. The first-order chi connectivity index (χ1) is 14.5. The van der Waals surface area contributed by atoms with E-state index in [1.54, 1.807) is 26.2 Å². The zero-order valence-electron chi connectivity index (χ0n) is 17.0. The second-order valence-electron chi connectivity index (χ2n) is 7.40. The minimum absolute atomic E-state index is 0.194. The van der Waals surface area contributed by atoms with Gasteiger partial charge >= 0.3 is 0 Å². The molecule has 0 spiro atoms. The Hall–Kier alpha value is -2.35. The first-order valence-corrected chi connectivity index (χ1v) is 10.7. The van der Waals surface area contributed by atoms with E-state index >= 15 is 0 Å². The van der Waals surface area contributed by atoms with Gasteiger partial charge in [0, 0.05) is 55.4 Å². The van der Waals surface area contributed by atoms with Crippen molar-refractivity contribution >= 4 is 23.4 Å². The van der Waals surface area contributed by atoms with Crippen molar-refractivity contribution in [1.29, 1.82) is 0 Å². The first-order valence-electron chi connectivity index (χ1n) is 9.85. The third kappa shape index (κ3) is 4.24. The zero-order valence-corrected chi connectivity index (χ0v) is 17.8. The molecular formula is C23H24FNO4S. The Kier molecular flexibility index (Phi) is 6.13. The fourth-order valence-corrected chi connectivity index (χ4v) is 4.93. The molecule has 4 rings (SSSR count). The molecule has 2 aromatic carbocycles. The highest BCUT2D eigenvalue weighted by molar-refractivity contribution is 7.99. The number of rotatable bonds is 5. The van der Waals surface area contributed by atoms with E-state index in [1.165, 1.54) is 11.8 Å². The molecule has 0 unspecified atom stereocenters. The molecule has 0 bridgehead atoms. The van der Waals surface area contributed by atoms with Crippen LogP contribution in [-0.2, 0) is 26.2 Å². The average molecular weight is 430 g/mol. The molecule has 0 saturated carbocycles. The van der Waals surface area contributed by atoms with Crippen LogP contribution in [-0.4, -0.2) is 31.4 Å². The molecule has 5 nitrogen and oxygen atoms in total. The van der Waals surface area contributed by atoms with Gasteiger partial charge in [0.1, 0.15) is 11.6 Å². The lowest BCUT2D eigenvalue weighted by Crippen LogP contribution is -2.35. The van der Waals surface area contributed by atoms with Crippen molar-refractivity contribution in [2.24, 2.45) is 5.16 Å². The van der Waals surface area contributed by atoms with E-state index < -0.39 is 5.60 Å². The highest BCUT2D eigenvalue weighted by Crippen LogP contribution is 2.40. The molecule has 1 saturated heterocycles. The van der Waals surface area contributed by atoms with Crippen molar-refractivity contribution in [1.82, 2.24) is 0 Å². The highest BCUT2D eigenvalue weighted by atomic mass is 32.2. The third-order valence-electron chi connectivity index (χ3n) is 5.57. The summed E-state index contributed by atoms with van der Waals surface area (Å²) in [6, 6.07) is 11.2. The van der Waals surface area contributed by atoms with Crippen LogP contribution in [0.2, 0.25) is 0 Å². The highest BCUT2D eigenvalue weighted by Gasteiger charge is 2.35. The molecule has 2 aromatic rings. The van der Waals surface area contributed by atoms with Crippen molar-refractivity contribution in [2.75, 3.05) is 20.3 Å². The number of oxime groups is 1. The van der Waals surface area contributed by atoms with E-state index in [4.69, 9.17) is 19.4 Å². The average Bonchev–Trinajstić information content (AvgIpc) is 3.15. The quantitative estimate of drug-likeness (QED) is 0.300. The number of benzene rings is 2. The third-order valence-corrected chi connectivity index (χ3v) is 6.53. The second-order valence-corrected chi connectivity index (χ2v) is 8.55. The van der Waals surface area contributed by atoms with E-state index in [0.29, 0.717) is 31.8 Å². The monoisotopic (exact) mass is 429 g/mol. The minimum Gasteiger partial charge on any atom is -0.440 e. The Morgan fingerprint density at radius 3 is 2.70 bits per heavy atom. The molecule has 158 valence electrons. The maximum Gasteiger partial charge on any atom is 0.228 e. The molecule has 30 heavy (non-hydrogen) atoms. The predicted octanol–water partition coefficient (Wildman–Crippen LogP) is 5.35. The second kappa shape index (κ2) is 8.79. The number of hydrogen-bond donors (Lipinski definition) is 1. The SMILES string of the molecule is COC1(c2cc(F)cc(Sc3ccc4c(c3)CC=C4O/C(C)=N/O)c2)CCOCC1. The Bertz CT molecular complexity index is 999. The van der Waals surface area contributed by atoms with Gasteiger partial charge in [0.2, 0.25) is 5.90 Å². The van der Waals surface area contributed by atoms with Crippen molar-refractivity contribution in [3.8, 4) is 0 Å². The van der Waals surface area contributed by atoms with Gasteiger partial charge in [-0.25, -0.2) is 4.39 Å². The van der Waals surface area contributed by atoms with Crippen LogP contribution in [0.1, 0.15) is 36.5 Å². The van der Waals surface area contributed by atoms with Gasteiger partial charge in [-0.1, -0.05) is 16.9 Å².